The molecule has 0 aliphatic heterocycles. The zero-order valence-electron chi connectivity index (χ0n) is 11.8. The Morgan fingerprint density at radius 1 is 1.29 bits per heavy atom. The van der Waals surface area contributed by atoms with Gasteiger partial charge in [-0.25, -0.2) is 4.98 Å². The molecule has 0 spiro atoms. The van der Waals surface area contributed by atoms with Crippen LogP contribution in [0.15, 0.2) is 36.7 Å². The largest absolute Gasteiger partial charge is 0.416 e. The summed E-state index contributed by atoms with van der Waals surface area (Å²) in [5.41, 5.74) is 6.00. The number of imidazole rings is 1. The number of hydrogen-bond acceptors (Lipinski definition) is 2. The first-order valence-corrected chi connectivity index (χ1v) is 6.82. The molecule has 0 fully saturated rings. The number of aryl methyl sites for hydroxylation is 1. The van der Waals surface area contributed by atoms with Crippen LogP contribution in [0, 0.1) is 0 Å². The van der Waals surface area contributed by atoms with Crippen LogP contribution in [0.4, 0.5) is 13.2 Å². The molecule has 1 atom stereocenters. The molecular formula is C15H18F3N3. The molecular weight excluding hydrogens is 279 g/mol. The minimum absolute atomic E-state index is 0.263. The van der Waals surface area contributed by atoms with E-state index in [2.05, 4.69) is 4.98 Å². The quantitative estimate of drug-likeness (QED) is 0.922. The van der Waals surface area contributed by atoms with Crippen molar-refractivity contribution in [1.29, 1.82) is 0 Å². The fraction of sp³-hybridized carbons (Fsp3) is 0.400. The summed E-state index contributed by atoms with van der Waals surface area (Å²) in [5.74, 6) is 0.858. The Hall–Kier alpha value is -1.82. The molecule has 6 heteroatoms. The van der Waals surface area contributed by atoms with Crippen molar-refractivity contribution in [3.63, 3.8) is 0 Å². The zero-order valence-corrected chi connectivity index (χ0v) is 11.8. The molecule has 114 valence electrons. The average Bonchev–Trinajstić information content (AvgIpc) is 2.85. The van der Waals surface area contributed by atoms with Gasteiger partial charge >= 0.3 is 6.18 Å². The van der Waals surface area contributed by atoms with Crippen molar-refractivity contribution in [3.8, 4) is 0 Å². The maximum Gasteiger partial charge on any atom is 0.416 e. The Morgan fingerprint density at radius 3 is 2.71 bits per heavy atom. The van der Waals surface area contributed by atoms with E-state index in [0.29, 0.717) is 18.4 Å². The summed E-state index contributed by atoms with van der Waals surface area (Å²) in [6, 6.07) is 5.05. The van der Waals surface area contributed by atoms with Crippen LogP contribution in [0.2, 0.25) is 0 Å². The highest BCUT2D eigenvalue weighted by atomic mass is 19.4. The molecule has 3 nitrogen and oxygen atoms in total. The molecule has 0 radical (unpaired) electrons. The van der Waals surface area contributed by atoms with Gasteiger partial charge in [0, 0.05) is 31.4 Å². The van der Waals surface area contributed by atoms with E-state index in [1.807, 2.05) is 17.7 Å². The minimum Gasteiger partial charge on any atom is -0.335 e. The van der Waals surface area contributed by atoms with Crippen LogP contribution >= 0.6 is 0 Å². The Labute approximate surface area is 121 Å². The van der Waals surface area contributed by atoms with Crippen LogP contribution in [0.1, 0.15) is 23.9 Å². The highest BCUT2D eigenvalue weighted by molar-refractivity contribution is 5.26. The van der Waals surface area contributed by atoms with E-state index in [9.17, 15) is 13.2 Å². The molecule has 0 saturated heterocycles. The third-order valence-electron chi connectivity index (χ3n) is 3.34. The second-order valence-corrected chi connectivity index (χ2v) is 5.00. The molecule has 1 unspecified atom stereocenters. The molecule has 2 N–H and O–H groups in total. The molecule has 1 aromatic heterocycles. The van der Waals surface area contributed by atoms with Crippen molar-refractivity contribution in [2.45, 2.75) is 38.5 Å². The molecule has 0 saturated carbocycles. The molecule has 1 aromatic carbocycles. The predicted molar refractivity (Wildman–Crippen MR) is 74.7 cm³/mol. The Bertz CT molecular complexity index is 590. The van der Waals surface area contributed by atoms with Crippen LogP contribution in [-0.2, 0) is 25.6 Å². The number of hydrogen-bond donors (Lipinski definition) is 1. The molecule has 2 aromatic rings. The van der Waals surface area contributed by atoms with Gasteiger partial charge < -0.3 is 10.3 Å². The van der Waals surface area contributed by atoms with Gasteiger partial charge in [-0.3, -0.25) is 0 Å². The van der Waals surface area contributed by atoms with Gasteiger partial charge in [0.25, 0.3) is 0 Å². The van der Waals surface area contributed by atoms with Gasteiger partial charge in [-0.15, -0.1) is 0 Å². The van der Waals surface area contributed by atoms with E-state index in [1.54, 1.807) is 12.3 Å². The lowest BCUT2D eigenvalue weighted by Crippen LogP contribution is -2.27. The fourth-order valence-corrected chi connectivity index (χ4v) is 2.30. The number of halogens is 3. The SMILES string of the molecule is CCn1ccnc1CC(N)Cc1cccc(C(F)(F)F)c1. The van der Waals surface area contributed by atoms with Crippen molar-refractivity contribution in [2.24, 2.45) is 5.73 Å². The summed E-state index contributed by atoms with van der Waals surface area (Å²) in [4.78, 5) is 4.23. The highest BCUT2D eigenvalue weighted by Gasteiger charge is 2.30. The highest BCUT2D eigenvalue weighted by Crippen LogP contribution is 2.29. The number of rotatable bonds is 5. The smallest absolute Gasteiger partial charge is 0.335 e. The minimum atomic E-state index is -4.32. The van der Waals surface area contributed by atoms with Crippen LogP contribution in [0.5, 0.6) is 0 Å². The van der Waals surface area contributed by atoms with E-state index in [0.717, 1.165) is 24.5 Å². The van der Waals surface area contributed by atoms with Gasteiger partial charge in [0.05, 0.1) is 5.56 Å². The van der Waals surface area contributed by atoms with Crippen molar-refractivity contribution >= 4 is 0 Å². The Kier molecular flexibility index (Phi) is 4.67. The third-order valence-corrected chi connectivity index (χ3v) is 3.34. The first-order chi connectivity index (χ1) is 9.90. The third kappa shape index (κ3) is 4.07. The molecule has 0 amide bonds. The summed E-state index contributed by atoms with van der Waals surface area (Å²) in [5, 5.41) is 0. The standard InChI is InChI=1S/C15H18F3N3/c1-2-21-7-6-20-14(21)10-13(19)9-11-4-3-5-12(8-11)15(16,17)18/h3-8,13H,2,9-10,19H2,1H3. The van der Waals surface area contributed by atoms with E-state index < -0.39 is 11.7 Å². The molecule has 0 aliphatic rings. The maximum atomic E-state index is 12.7. The monoisotopic (exact) mass is 297 g/mol. The summed E-state index contributed by atoms with van der Waals surface area (Å²) in [7, 11) is 0. The lowest BCUT2D eigenvalue weighted by atomic mass is 10.0. The fourth-order valence-electron chi connectivity index (χ4n) is 2.30. The molecule has 0 bridgehead atoms. The van der Waals surface area contributed by atoms with Gasteiger partial charge in [0.2, 0.25) is 0 Å². The van der Waals surface area contributed by atoms with E-state index in [-0.39, 0.29) is 6.04 Å². The van der Waals surface area contributed by atoms with Crippen molar-refractivity contribution in [1.82, 2.24) is 9.55 Å². The second kappa shape index (κ2) is 6.30. The summed E-state index contributed by atoms with van der Waals surface area (Å²) in [6.07, 6.45) is 0.179. The topological polar surface area (TPSA) is 43.8 Å². The Morgan fingerprint density at radius 2 is 2.05 bits per heavy atom. The van der Waals surface area contributed by atoms with Gasteiger partial charge in [0.15, 0.2) is 0 Å². The number of benzene rings is 1. The molecule has 21 heavy (non-hydrogen) atoms. The number of aromatic nitrogens is 2. The number of nitrogens with two attached hydrogens (primary N) is 1. The summed E-state index contributed by atoms with van der Waals surface area (Å²) in [6.45, 7) is 2.80. The average molecular weight is 297 g/mol. The summed E-state index contributed by atoms with van der Waals surface area (Å²) >= 11 is 0. The van der Waals surface area contributed by atoms with Crippen LogP contribution in [-0.4, -0.2) is 15.6 Å². The van der Waals surface area contributed by atoms with Crippen LogP contribution in [0.3, 0.4) is 0 Å². The van der Waals surface area contributed by atoms with Crippen molar-refractivity contribution in [3.05, 3.63) is 53.6 Å². The van der Waals surface area contributed by atoms with Crippen molar-refractivity contribution < 1.29 is 13.2 Å². The predicted octanol–water partition coefficient (Wildman–Crippen LogP) is 3.03. The first-order valence-electron chi connectivity index (χ1n) is 6.82. The van der Waals surface area contributed by atoms with Crippen LogP contribution < -0.4 is 5.73 Å². The molecule has 2 rings (SSSR count). The number of nitrogens with zero attached hydrogens (tertiary/aromatic N) is 2. The molecule has 1 heterocycles. The van der Waals surface area contributed by atoms with Gasteiger partial charge in [-0.1, -0.05) is 18.2 Å². The lowest BCUT2D eigenvalue weighted by Gasteiger charge is -2.14. The lowest BCUT2D eigenvalue weighted by molar-refractivity contribution is -0.137. The molecule has 0 aliphatic carbocycles. The van der Waals surface area contributed by atoms with E-state index in [4.69, 9.17) is 5.73 Å². The summed E-state index contributed by atoms with van der Waals surface area (Å²) < 4.78 is 40.0. The second-order valence-electron chi connectivity index (χ2n) is 5.00. The zero-order chi connectivity index (χ0) is 15.5. The van der Waals surface area contributed by atoms with E-state index in [1.165, 1.54) is 6.07 Å². The van der Waals surface area contributed by atoms with Gasteiger partial charge in [0.1, 0.15) is 5.82 Å². The van der Waals surface area contributed by atoms with Gasteiger partial charge in [-0.05, 0) is 25.0 Å². The van der Waals surface area contributed by atoms with Gasteiger partial charge in [-0.2, -0.15) is 13.2 Å². The Balaban J connectivity index is 2.04. The maximum absolute atomic E-state index is 12.7. The van der Waals surface area contributed by atoms with E-state index >= 15 is 0 Å². The van der Waals surface area contributed by atoms with Crippen LogP contribution in [0.25, 0.3) is 0 Å². The van der Waals surface area contributed by atoms with Crippen molar-refractivity contribution in [2.75, 3.05) is 0 Å². The number of alkyl halides is 3. The normalized spacial score (nSPS) is 13.4. The first kappa shape index (κ1) is 15.6.